The van der Waals surface area contributed by atoms with Gasteiger partial charge >= 0.3 is 0 Å². The molecule has 1 aromatic carbocycles. The van der Waals surface area contributed by atoms with Crippen molar-refractivity contribution in [2.75, 3.05) is 4.90 Å². The Balaban J connectivity index is 1.83. The van der Waals surface area contributed by atoms with Crippen molar-refractivity contribution >= 4 is 50.3 Å². The van der Waals surface area contributed by atoms with Crippen molar-refractivity contribution in [3.05, 3.63) is 80.2 Å². The highest BCUT2D eigenvalue weighted by Crippen LogP contribution is 2.44. The molecule has 1 saturated heterocycles. The molecule has 2 atom stereocenters. The summed E-state index contributed by atoms with van der Waals surface area (Å²) >= 11 is 11.1. The van der Waals surface area contributed by atoms with Crippen molar-refractivity contribution in [3.63, 3.8) is 0 Å². The van der Waals surface area contributed by atoms with E-state index in [1.807, 2.05) is 29.7 Å². The van der Waals surface area contributed by atoms with Gasteiger partial charge in [-0.1, -0.05) is 22.0 Å². The molecular weight excluding hydrogens is 426 g/mol. The molecule has 0 spiro atoms. The zero-order valence-corrected chi connectivity index (χ0v) is 17.7. The molecule has 2 aromatic heterocycles. The third-order valence-electron chi connectivity index (χ3n) is 4.57. The van der Waals surface area contributed by atoms with Crippen LogP contribution in [0.25, 0.3) is 0 Å². The topological polar surface area (TPSA) is 28.2 Å². The SMILES string of the molecule is Cc1ccc([C@H]2[C@H](c3ccccn3)NC(=S)N2c2ccc(Br)c(C)c2)s1. The van der Waals surface area contributed by atoms with E-state index in [1.54, 1.807) is 0 Å². The number of pyridine rings is 1. The normalized spacial score (nSPS) is 19.7. The summed E-state index contributed by atoms with van der Waals surface area (Å²) in [5, 5.41) is 4.24. The van der Waals surface area contributed by atoms with Crippen LogP contribution < -0.4 is 10.2 Å². The van der Waals surface area contributed by atoms with Gasteiger partial charge in [-0.15, -0.1) is 11.3 Å². The van der Waals surface area contributed by atoms with E-state index in [9.17, 15) is 0 Å². The fourth-order valence-corrected chi connectivity index (χ4v) is 4.91. The first-order valence-electron chi connectivity index (χ1n) is 8.38. The van der Waals surface area contributed by atoms with E-state index in [4.69, 9.17) is 12.2 Å². The van der Waals surface area contributed by atoms with Crippen molar-refractivity contribution in [3.8, 4) is 0 Å². The Labute approximate surface area is 171 Å². The van der Waals surface area contributed by atoms with Gasteiger partial charge < -0.3 is 10.2 Å². The van der Waals surface area contributed by atoms with Gasteiger partial charge in [0.15, 0.2) is 5.11 Å². The minimum Gasteiger partial charge on any atom is -0.351 e. The van der Waals surface area contributed by atoms with E-state index < -0.39 is 0 Å². The molecule has 0 aliphatic carbocycles. The van der Waals surface area contributed by atoms with Gasteiger partial charge in [0.05, 0.1) is 17.8 Å². The van der Waals surface area contributed by atoms with E-state index in [0.29, 0.717) is 0 Å². The Hall–Kier alpha value is -1.76. The third kappa shape index (κ3) is 3.17. The van der Waals surface area contributed by atoms with Gasteiger partial charge in [-0.2, -0.15) is 0 Å². The fourth-order valence-electron chi connectivity index (χ4n) is 3.31. The van der Waals surface area contributed by atoms with E-state index in [0.717, 1.165) is 21.0 Å². The first kappa shape index (κ1) is 17.6. The molecule has 0 bridgehead atoms. The largest absolute Gasteiger partial charge is 0.351 e. The summed E-state index contributed by atoms with van der Waals surface area (Å²) in [7, 11) is 0. The van der Waals surface area contributed by atoms with Crippen molar-refractivity contribution in [1.29, 1.82) is 0 Å². The minimum atomic E-state index is 0.0192. The van der Waals surface area contributed by atoms with Crippen LogP contribution in [0.1, 0.15) is 33.1 Å². The van der Waals surface area contributed by atoms with Gasteiger partial charge in [0.1, 0.15) is 0 Å². The molecule has 1 fully saturated rings. The van der Waals surface area contributed by atoms with Crippen molar-refractivity contribution < 1.29 is 0 Å². The molecule has 1 aliphatic heterocycles. The second-order valence-electron chi connectivity index (χ2n) is 6.38. The molecule has 4 rings (SSSR count). The summed E-state index contributed by atoms with van der Waals surface area (Å²) in [6, 6.07) is 16.9. The molecule has 0 unspecified atom stereocenters. The van der Waals surface area contributed by atoms with Gasteiger partial charge in [-0.05, 0) is 74.1 Å². The molecular formula is C20H18BrN3S2. The molecule has 0 radical (unpaired) electrons. The fraction of sp³-hybridized carbons (Fsp3) is 0.200. The lowest BCUT2D eigenvalue weighted by Crippen LogP contribution is -2.29. The predicted octanol–water partition coefficient (Wildman–Crippen LogP) is 5.70. The van der Waals surface area contributed by atoms with Gasteiger partial charge in [-0.25, -0.2) is 0 Å². The number of aromatic nitrogens is 1. The zero-order chi connectivity index (χ0) is 18.3. The monoisotopic (exact) mass is 443 g/mol. The van der Waals surface area contributed by atoms with Crippen molar-refractivity contribution in [2.45, 2.75) is 25.9 Å². The first-order chi connectivity index (χ1) is 12.5. The van der Waals surface area contributed by atoms with Crippen LogP contribution in [-0.4, -0.2) is 10.1 Å². The van der Waals surface area contributed by atoms with Crippen LogP contribution in [0.15, 0.2) is 59.2 Å². The van der Waals surface area contributed by atoms with E-state index >= 15 is 0 Å². The maximum Gasteiger partial charge on any atom is 0.174 e. The highest BCUT2D eigenvalue weighted by molar-refractivity contribution is 9.10. The molecule has 6 heteroatoms. The highest BCUT2D eigenvalue weighted by atomic mass is 79.9. The Morgan fingerprint density at radius 1 is 1.15 bits per heavy atom. The summed E-state index contributed by atoms with van der Waals surface area (Å²) < 4.78 is 1.10. The number of hydrogen-bond donors (Lipinski definition) is 1. The quantitative estimate of drug-likeness (QED) is 0.525. The number of nitrogens with one attached hydrogen (secondary N) is 1. The average Bonchev–Trinajstić information content (AvgIpc) is 3.21. The predicted molar refractivity (Wildman–Crippen MR) is 116 cm³/mol. The number of nitrogens with zero attached hydrogens (tertiary/aromatic N) is 2. The number of rotatable bonds is 3. The molecule has 0 amide bonds. The molecule has 3 heterocycles. The van der Waals surface area contributed by atoms with Crippen LogP contribution in [0.5, 0.6) is 0 Å². The lowest BCUT2D eigenvalue weighted by molar-refractivity contribution is 0.575. The zero-order valence-electron chi connectivity index (χ0n) is 14.4. The van der Waals surface area contributed by atoms with Crippen LogP contribution >= 0.6 is 39.5 Å². The number of thiocarbonyl (C=S) groups is 1. The summed E-state index contributed by atoms with van der Waals surface area (Å²) in [6.07, 6.45) is 1.84. The number of hydrogen-bond acceptors (Lipinski definition) is 3. The molecule has 132 valence electrons. The Morgan fingerprint density at radius 2 is 2.00 bits per heavy atom. The third-order valence-corrected chi connectivity index (χ3v) is 6.85. The van der Waals surface area contributed by atoms with Gasteiger partial charge in [0.2, 0.25) is 0 Å². The molecule has 1 N–H and O–H groups in total. The lowest BCUT2D eigenvalue weighted by atomic mass is 10.0. The molecule has 26 heavy (non-hydrogen) atoms. The number of thiophene rings is 1. The maximum atomic E-state index is 5.74. The van der Waals surface area contributed by atoms with Gasteiger partial charge in [0.25, 0.3) is 0 Å². The second kappa shape index (κ2) is 7.10. The molecule has 3 nitrogen and oxygen atoms in total. The van der Waals surface area contributed by atoms with Crippen LogP contribution in [0.2, 0.25) is 0 Å². The Bertz CT molecular complexity index is 955. The first-order valence-corrected chi connectivity index (χ1v) is 10.4. The molecule has 1 aliphatic rings. The summed E-state index contributed by atoms with van der Waals surface area (Å²) in [5.74, 6) is 0. The van der Waals surface area contributed by atoms with Crippen molar-refractivity contribution in [2.24, 2.45) is 0 Å². The second-order valence-corrected chi connectivity index (χ2v) is 8.94. The molecule has 3 aromatic rings. The van der Waals surface area contributed by atoms with E-state index in [-0.39, 0.29) is 12.1 Å². The molecule has 0 saturated carbocycles. The summed E-state index contributed by atoms with van der Waals surface area (Å²) in [6.45, 7) is 4.24. The standard InChI is InChI=1S/C20H18BrN3S2/c1-12-11-14(7-8-15(12)21)24-19(17-9-6-13(2)26-17)18(23-20(24)25)16-5-3-4-10-22-16/h3-11,18-19H,1-2H3,(H,23,25)/t18-,19-/m0/s1. The smallest absolute Gasteiger partial charge is 0.174 e. The van der Waals surface area contributed by atoms with Crippen LogP contribution in [0.3, 0.4) is 0 Å². The number of halogens is 1. The Morgan fingerprint density at radius 3 is 2.65 bits per heavy atom. The van der Waals surface area contributed by atoms with Crippen LogP contribution in [-0.2, 0) is 0 Å². The van der Waals surface area contributed by atoms with E-state index in [2.05, 4.69) is 81.4 Å². The number of aryl methyl sites for hydroxylation is 2. The highest BCUT2D eigenvalue weighted by Gasteiger charge is 2.41. The maximum absolute atomic E-state index is 5.74. The van der Waals surface area contributed by atoms with Gasteiger partial charge in [0, 0.05) is 26.1 Å². The van der Waals surface area contributed by atoms with Crippen molar-refractivity contribution in [1.82, 2.24) is 10.3 Å². The summed E-state index contributed by atoms with van der Waals surface area (Å²) in [5.41, 5.74) is 3.28. The average molecular weight is 444 g/mol. The summed E-state index contributed by atoms with van der Waals surface area (Å²) in [4.78, 5) is 9.39. The van der Waals surface area contributed by atoms with Crippen LogP contribution in [0.4, 0.5) is 5.69 Å². The Kier molecular flexibility index (Phi) is 4.82. The minimum absolute atomic E-state index is 0.0192. The van der Waals surface area contributed by atoms with E-state index in [1.165, 1.54) is 15.3 Å². The number of anilines is 1. The van der Waals surface area contributed by atoms with Crippen LogP contribution in [0, 0.1) is 13.8 Å². The number of benzene rings is 1. The lowest BCUT2D eigenvalue weighted by Gasteiger charge is -2.27. The van der Waals surface area contributed by atoms with Gasteiger partial charge in [-0.3, -0.25) is 4.98 Å².